The van der Waals surface area contributed by atoms with E-state index in [0.29, 0.717) is 41.9 Å². The van der Waals surface area contributed by atoms with Crippen LogP contribution in [0.1, 0.15) is 126 Å². The van der Waals surface area contributed by atoms with Crippen LogP contribution in [-0.2, 0) is 26.3 Å². The Balaban J connectivity index is 0.000000200. The van der Waals surface area contributed by atoms with Crippen LogP contribution in [0.25, 0.3) is 0 Å². The van der Waals surface area contributed by atoms with Crippen molar-refractivity contribution >= 4 is 88.0 Å². The molecule has 0 amide bonds. The number of ketones is 1. The van der Waals surface area contributed by atoms with Crippen molar-refractivity contribution in [1.82, 2.24) is 0 Å². The van der Waals surface area contributed by atoms with E-state index in [0.717, 1.165) is 124 Å². The third-order valence-electron chi connectivity index (χ3n) is 17.6. The second-order valence-corrected chi connectivity index (χ2v) is 22.1. The van der Waals surface area contributed by atoms with E-state index < -0.39 is 0 Å². The third kappa shape index (κ3) is 9.20. The summed E-state index contributed by atoms with van der Waals surface area (Å²) >= 11 is 4.39. The molecule has 0 aliphatic heterocycles. The van der Waals surface area contributed by atoms with Gasteiger partial charge in [0.05, 0.1) is 24.4 Å². The van der Waals surface area contributed by atoms with E-state index in [1.54, 1.807) is 24.1 Å². The van der Waals surface area contributed by atoms with Crippen LogP contribution in [0.4, 0.5) is 0 Å². The van der Waals surface area contributed by atoms with Gasteiger partial charge in [0.25, 0.3) is 0 Å². The predicted molar refractivity (Wildman–Crippen MR) is 273 cm³/mol. The highest BCUT2D eigenvalue weighted by atomic mass is 32.2. The number of hydrogen-bond acceptors (Lipinski definition) is 10. The Morgan fingerprint density at radius 3 is 1.59 bits per heavy atom. The summed E-state index contributed by atoms with van der Waals surface area (Å²) in [5.41, 5.74) is 8.93. The first-order chi connectivity index (χ1) is 32.1. The van der Waals surface area contributed by atoms with Crippen molar-refractivity contribution in [2.24, 2.45) is 57.2 Å². The summed E-state index contributed by atoms with van der Waals surface area (Å²) in [6, 6.07) is 0. The Hall–Kier alpha value is -0.980. The van der Waals surface area contributed by atoms with E-state index in [4.69, 9.17) is 22.1 Å². The second-order valence-electron chi connectivity index (χ2n) is 20.5. The van der Waals surface area contributed by atoms with Gasteiger partial charge in [0.1, 0.15) is 6.29 Å². The van der Waals surface area contributed by atoms with Crippen molar-refractivity contribution in [2.75, 3.05) is 0 Å². The van der Waals surface area contributed by atoms with Gasteiger partial charge in [-0.25, -0.2) is 0 Å². The average molecular weight is 933 g/mol. The SMILES string of the molecule is [3H][B]SO[C@@H]1CC2=CC=C3C(CC[C@]4(C)C([C@H](C)C/C=C/C(C)=O)=CCC34)[C@@]2(C)[C@@H](OS[B][3H])C1.[3H][B]SO[C@@H]1CC2=CC=C3C(CC[C@]4(C)C([C@H](C)CC=O)=CCC34)[C@@]2(C)[C@@H](OS[B][3H])C1. The maximum Gasteiger partial charge on any atom is 0.209 e. The molecule has 8 aliphatic carbocycles. The fourth-order valence-electron chi connectivity index (χ4n) is 14.3. The molecule has 4 fully saturated rings. The van der Waals surface area contributed by atoms with E-state index in [9.17, 15) is 9.59 Å². The number of rotatable bonds is 19. The quantitative estimate of drug-likeness (QED) is 0.0411. The van der Waals surface area contributed by atoms with Crippen LogP contribution < -0.4 is 0 Å². The van der Waals surface area contributed by atoms with Crippen molar-refractivity contribution in [2.45, 2.75) is 150 Å². The summed E-state index contributed by atoms with van der Waals surface area (Å²) in [7, 11) is 4.97. The first-order valence-electron chi connectivity index (χ1n) is 25.4. The highest BCUT2D eigenvalue weighted by molar-refractivity contribution is 8.16. The zero-order valence-corrected chi connectivity index (χ0v) is 41.6. The predicted octanol–water partition coefficient (Wildman–Crippen LogP) is 10.8. The van der Waals surface area contributed by atoms with E-state index in [-0.39, 0.29) is 51.9 Å². The Morgan fingerprint density at radius 1 is 0.714 bits per heavy atom. The van der Waals surface area contributed by atoms with Crippen molar-refractivity contribution < 1.29 is 26.3 Å². The Labute approximate surface area is 406 Å². The fourth-order valence-corrected chi connectivity index (χ4v) is 15.8. The van der Waals surface area contributed by atoms with E-state index in [1.165, 1.54) is 50.6 Å². The summed E-state index contributed by atoms with van der Waals surface area (Å²) in [6.45, 7) is 15.7. The molecule has 0 aromatic heterocycles. The summed E-state index contributed by atoms with van der Waals surface area (Å²) in [5.74, 6) is 2.68. The molecular formula is C49H68B4O6S4. The lowest BCUT2D eigenvalue weighted by atomic mass is 9.49. The number of fused-ring (bicyclic) bond motifs is 10. The van der Waals surface area contributed by atoms with Crippen molar-refractivity contribution in [1.29, 1.82) is 5.34 Å². The van der Waals surface area contributed by atoms with Gasteiger partial charge in [-0.1, -0.05) is 165 Å². The Morgan fingerprint density at radius 2 is 1.16 bits per heavy atom. The normalized spacial score (nSPS) is 40.4. The molecule has 6 nitrogen and oxygen atoms in total. The minimum atomic E-state index is -0.117. The Kier molecular flexibility index (Phi) is 14.6. The fraction of sp³-hybridized carbons (Fsp3) is 0.673. The molecule has 14 heteroatoms. The molecule has 0 N–H and O–H groups in total. The van der Waals surface area contributed by atoms with Crippen LogP contribution in [0.2, 0.25) is 0 Å². The molecule has 336 valence electrons. The summed E-state index contributed by atoms with van der Waals surface area (Å²) in [6.07, 6.45) is 30.4. The van der Waals surface area contributed by atoms with Crippen LogP contribution in [0.3, 0.4) is 0 Å². The van der Waals surface area contributed by atoms with Gasteiger partial charge >= 0.3 is 0 Å². The highest BCUT2D eigenvalue weighted by Gasteiger charge is 2.60. The molecule has 4 radical (unpaired) electrons. The largest absolute Gasteiger partial charge is 0.324 e. The average Bonchev–Trinajstić information content (AvgIpc) is 3.86. The smallest absolute Gasteiger partial charge is 0.209 e. The highest BCUT2D eigenvalue weighted by Crippen LogP contribution is 2.67. The lowest BCUT2D eigenvalue weighted by molar-refractivity contribution is -0.112. The van der Waals surface area contributed by atoms with Gasteiger partial charge in [-0.3, -0.25) is 4.79 Å². The second kappa shape index (κ2) is 20.7. The maximum atomic E-state index is 11.3. The molecule has 0 aromatic rings. The van der Waals surface area contributed by atoms with Crippen LogP contribution in [-0.4, -0.2) is 70.2 Å². The van der Waals surface area contributed by atoms with Crippen molar-refractivity contribution in [3.05, 3.63) is 82.0 Å². The summed E-state index contributed by atoms with van der Waals surface area (Å²) in [5, 5.41) is 0. The molecule has 0 spiro atoms. The molecule has 63 heavy (non-hydrogen) atoms. The molecule has 4 unspecified atom stereocenters. The standard InChI is InChI=1S/C26H36B2O3S2.C23H32B2O3S2/c1-16(6-5-7-17(2)29)21-10-11-22-20-9-8-18-14-19(30-32-27)15-24(31-33-28)26(18,4)23(20)12-13-25(21,22)3;1-14(9-11-26)18-6-7-19-17-5-4-15-12-16(27-29-24)13-21(28-30-25)23(15,3)20(17)8-10-22(18,19)2/h5,7-10,16,19,22-24,27-28H,6,11-15H2,1-4H3;4-6,11,14,16,19-21,24-25H,7-10,12-13H2,1-3H3/b7-5+;/t16-,19-,22?,23?,24+,25-,26+;14-,16-,19?,20?,21+,22-,23+/m11/s1/i27T,28T;24T,25T. The molecule has 0 saturated heterocycles. The third-order valence-corrected chi connectivity index (χ3v) is 19.0. The van der Waals surface area contributed by atoms with Crippen LogP contribution >= 0.6 is 47.6 Å². The number of aldehydes is 1. The van der Waals surface area contributed by atoms with Gasteiger partial charge in [0.15, 0.2) is 5.78 Å². The maximum absolute atomic E-state index is 11.3. The first-order valence-corrected chi connectivity index (χ1v) is 26.3. The summed E-state index contributed by atoms with van der Waals surface area (Å²) < 4.78 is 53.7. The minimum absolute atomic E-state index is 0.00437. The lowest BCUT2D eigenvalue weighted by Crippen LogP contribution is -2.52. The topological polar surface area (TPSA) is 71.1 Å². The molecule has 0 heterocycles. The van der Waals surface area contributed by atoms with E-state index in [2.05, 4.69) is 78.0 Å². The van der Waals surface area contributed by atoms with Crippen LogP contribution in [0, 0.1) is 57.2 Å². The lowest BCUT2D eigenvalue weighted by Gasteiger charge is -2.57. The zero-order chi connectivity index (χ0) is 48.1. The zero-order valence-electron chi connectivity index (χ0n) is 42.3. The van der Waals surface area contributed by atoms with E-state index in [1.807, 2.05) is 6.08 Å². The summed E-state index contributed by atoms with van der Waals surface area (Å²) in [4.78, 5) is 22.5. The number of allylic oxidation sites excluding steroid dienone is 12. The van der Waals surface area contributed by atoms with Gasteiger partial charge < -0.3 is 21.5 Å². The molecule has 8 aliphatic rings. The van der Waals surface area contributed by atoms with Crippen molar-refractivity contribution in [3.63, 3.8) is 0 Å². The molecular weight excluding hydrogens is 856 g/mol. The number of carbonyl (C=O) groups is 2. The van der Waals surface area contributed by atoms with Crippen LogP contribution in [0.5, 0.6) is 0 Å². The monoisotopic (exact) mass is 932 g/mol. The molecule has 0 bridgehead atoms. The van der Waals surface area contributed by atoms with Crippen LogP contribution in [0.15, 0.2) is 82.0 Å². The van der Waals surface area contributed by atoms with E-state index >= 15 is 0 Å². The van der Waals surface area contributed by atoms with Gasteiger partial charge in [0.2, 0.25) is 28.4 Å². The Bertz CT molecular complexity index is 2040. The minimum Gasteiger partial charge on any atom is -0.324 e. The first kappa shape index (κ1) is 44.5. The van der Waals surface area contributed by atoms with Gasteiger partial charge in [-0.15, -0.1) is 0 Å². The molecule has 0 aromatic carbocycles. The molecule has 4 saturated carbocycles. The molecule has 14 atom stereocenters. The molecule has 8 rings (SSSR count). The van der Waals surface area contributed by atoms with Gasteiger partial charge in [-0.05, 0) is 122 Å². The van der Waals surface area contributed by atoms with Gasteiger partial charge in [-0.2, -0.15) is 0 Å². The van der Waals surface area contributed by atoms with Crippen molar-refractivity contribution in [3.8, 4) is 0 Å². The number of carbonyl (C=O) groups excluding carboxylic acids is 2. The number of hydrogen-bond donors (Lipinski definition) is 0. The van der Waals surface area contributed by atoms with Gasteiger partial charge in [0, 0.05) is 30.1 Å².